The molecule has 0 fully saturated rings. The van der Waals surface area contributed by atoms with Gasteiger partial charge in [0.2, 0.25) is 5.88 Å². The van der Waals surface area contributed by atoms with Crippen LogP contribution < -0.4 is 4.74 Å². The Morgan fingerprint density at radius 3 is 2.77 bits per heavy atom. The maximum absolute atomic E-state index is 10.5. The van der Waals surface area contributed by atoms with Crippen molar-refractivity contribution in [3.63, 3.8) is 0 Å². The van der Waals surface area contributed by atoms with Crippen molar-refractivity contribution in [3.05, 3.63) is 9.35 Å². The molecule has 1 aromatic rings. The Morgan fingerprint density at radius 1 is 1.77 bits per heavy atom. The second kappa shape index (κ2) is 6.49. The van der Waals surface area contributed by atoms with Crippen LogP contribution in [-0.2, 0) is 0 Å². The summed E-state index contributed by atoms with van der Waals surface area (Å²) in [4.78, 5) is 10.7. The summed E-state index contributed by atoms with van der Waals surface area (Å²) in [6.45, 7) is 2.29. The number of carbonyl (C=O) groups is 1. The number of nitrogens with zero attached hydrogens (tertiary/aromatic N) is 1. The summed E-state index contributed by atoms with van der Waals surface area (Å²) in [7, 11) is 0. The van der Waals surface area contributed by atoms with Crippen molar-refractivity contribution >= 4 is 84.8 Å². The van der Waals surface area contributed by atoms with E-state index in [-0.39, 0.29) is 56.3 Å². The normalized spacial score (nSPS) is 9.08. The molecular weight excluding hydrogens is 285 g/mol. The molecule has 7 heteroatoms. The number of hydrogen-bond donors (Lipinski definition) is 1. The van der Waals surface area contributed by atoms with Gasteiger partial charge < -0.3 is 9.84 Å². The third-order valence-corrected chi connectivity index (χ3v) is 2.90. The van der Waals surface area contributed by atoms with Gasteiger partial charge in [-0.15, -0.1) is 0 Å². The van der Waals surface area contributed by atoms with Gasteiger partial charge in [-0.05, 0) is 34.4 Å². The summed E-state index contributed by atoms with van der Waals surface area (Å²) >= 11 is 4.00. The molecule has 0 saturated heterocycles. The summed E-state index contributed by atoms with van der Waals surface area (Å²) in [6, 6.07) is 0. The van der Waals surface area contributed by atoms with E-state index >= 15 is 0 Å². The molecule has 0 atom stereocenters. The fourth-order valence-electron chi connectivity index (χ4n) is 0.624. The van der Waals surface area contributed by atoms with Crippen molar-refractivity contribution < 1.29 is 14.6 Å². The second-order valence-corrected chi connectivity index (χ2v) is 3.44. The van der Waals surface area contributed by atoms with Crippen molar-refractivity contribution in [2.24, 2.45) is 0 Å². The summed E-state index contributed by atoms with van der Waals surface area (Å²) in [5.74, 6) is -0.648. The molecule has 0 aliphatic rings. The van der Waals surface area contributed by atoms with E-state index in [1.54, 1.807) is 0 Å². The van der Waals surface area contributed by atoms with Crippen molar-refractivity contribution in [2.45, 2.75) is 6.92 Å². The molecule has 0 spiro atoms. The van der Waals surface area contributed by atoms with Crippen LogP contribution >= 0.6 is 27.5 Å². The molecule has 0 aromatic carbocycles. The van der Waals surface area contributed by atoms with E-state index in [1.165, 1.54) is 0 Å². The second-order valence-electron chi connectivity index (χ2n) is 1.87. The number of halogens is 1. The van der Waals surface area contributed by atoms with Crippen LogP contribution in [0.25, 0.3) is 0 Å². The van der Waals surface area contributed by atoms with E-state index in [1.807, 2.05) is 6.92 Å². The molecule has 1 aromatic heterocycles. The Labute approximate surface area is 130 Å². The molecular formula is C6H7BrKNO3S. The standard InChI is InChI=1S/C6H6BrNO3S.K.H/c1-2-11-5-3(7)4(6(9)10)12-8-5;;/h2H2,1H3,(H,9,10);;. The molecule has 1 rings (SSSR count). The van der Waals surface area contributed by atoms with Crippen molar-refractivity contribution in [1.82, 2.24) is 4.37 Å². The van der Waals surface area contributed by atoms with Gasteiger partial charge in [0, 0.05) is 0 Å². The van der Waals surface area contributed by atoms with E-state index < -0.39 is 5.97 Å². The molecule has 0 aliphatic heterocycles. The molecule has 13 heavy (non-hydrogen) atoms. The van der Waals surface area contributed by atoms with Crippen LogP contribution in [0.1, 0.15) is 16.6 Å². The van der Waals surface area contributed by atoms with Gasteiger partial charge in [-0.2, -0.15) is 4.37 Å². The summed E-state index contributed by atoms with van der Waals surface area (Å²) < 4.78 is 9.29. The van der Waals surface area contributed by atoms with Crippen LogP contribution in [0.3, 0.4) is 0 Å². The Bertz CT molecular complexity index is 304. The van der Waals surface area contributed by atoms with E-state index in [0.717, 1.165) is 11.5 Å². The predicted octanol–water partition coefficient (Wildman–Crippen LogP) is 1.35. The number of carboxylic acid groups (broad SMARTS) is 1. The summed E-state index contributed by atoms with van der Waals surface area (Å²) in [5, 5.41) is 8.63. The molecule has 0 aliphatic carbocycles. The number of aromatic carboxylic acids is 1. The van der Waals surface area contributed by atoms with Gasteiger partial charge in [-0.3, -0.25) is 0 Å². The van der Waals surface area contributed by atoms with Crippen LogP contribution in [0.5, 0.6) is 5.88 Å². The van der Waals surface area contributed by atoms with E-state index in [2.05, 4.69) is 20.3 Å². The number of aromatic nitrogens is 1. The third-order valence-electron chi connectivity index (χ3n) is 1.08. The SMILES string of the molecule is CCOc1nsc(C(=O)O)c1Br.[KH]. The Balaban J connectivity index is 0.00000144. The first kappa shape index (κ1) is 14.0. The molecule has 0 amide bonds. The van der Waals surface area contributed by atoms with Crippen LogP contribution in [0.2, 0.25) is 0 Å². The molecule has 1 N–H and O–H groups in total. The van der Waals surface area contributed by atoms with Crippen LogP contribution in [0.4, 0.5) is 0 Å². The minimum absolute atomic E-state index is 0. The van der Waals surface area contributed by atoms with Crippen LogP contribution in [-0.4, -0.2) is 73.4 Å². The van der Waals surface area contributed by atoms with Crippen molar-refractivity contribution in [2.75, 3.05) is 6.61 Å². The molecule has 0 bridgehead atoms. The fraction of sp³-hybridized carbons (Fsp3) is 0.333. The Kier molecular flexibility index (Phi) is 7.00. The van der Waals surface area contributed by atoms with Crippen molar-refractivity contribution in [1.29, 1.82) is 0 Å². The quantitative estimate of drug-likeness (QED) is 0.854. The number of hydrogen-bond acceptors (Lipinski definition) is 4. The van der Waals surface area contributed by atoms with Gasteiger partial charge in [0.25, 0.3) is 0 Å². The Hall–Kier alpha value is 1.02. The molecule has 1 heterocycles. The third kappa shape index (κ3) is 3.58. The number of carboxylic acids is 1. The van der Waals surface area contributed by atoms with Gasteiger partial charge in [0.1, 0.15) is 4.47 Å². The van der Waals surface area contributed by atoms with Crippen LogP contribution in [0.15, 0.2) is 4.47 Å². The maximum atomic E-state index is 10.5. The van der Waals surface area contributed by atoms with Gasteiger partial charge in [-0.1, -0.05) is 0 Å². The first-order chi connectivity index (χ1) is 5.66. The van der Waals surface area contributed by atoms with Crippen LogP contribution in [0, 0.1) is 0 Å². The van der Waals surface area contributed by atoms with E-state index in [4.69, 9.17) is 9.84 Å². The van der Waals surface area contributed by atoms with Gasteiger partial charge >= 0.3 is 57.4 Å². The zero-order chi connectivity index (χ0) is 9.14. The van der Waals surface area contributed by atoms with Gasteiger partial charge in [0.15, 0.2) is 4.88 Å². The zero-order valence-electron chi connectivity index (χ0n) is 6.20. The summed E-state index contributed by atoms with van der Waals surface area (Å²) in [5.41, 5.74) is 0. The van der Waals surface area contributed by atoms with Gasteiger partial charge in [-0.25, -0.2) is 4.79 Å². The van der Waals surface area contributed by atoms with E-state index in [9.17, 15) is 4.79 Å². The molecule has 0 radical (unpaired) electrons. The molecule has 0 unspecified atom stereocenters. The molecule has 68 valence electrons. The van der Waals surface area contributed by atoms with Crippen molar-refractivity contribution in [3.8, 4) is 5.88 Å². The molecule has 0 saturated carbocycles. The average molecular weight is 292 g/mol. The zero-order valence-corrected chi connectivity index (χ0v) is 8.61. The average Bonchev–Trinajstić information content (AvgIpc) is 2.34. The van der Waals surface area contributed by atoms with E-state index in [0.29, 0.717) is 17.0 Å². The number of rotatable bonds is 3. The molecule has 4 nitrogen and oxygen atoms in total. The monoisotopic (exact) mass is 291 g/mol. The summed E-state index contributed by atoms with van der Waals surface area (Å²) in [6.07, 6.45) is 0. The predicted molar refractivity (Wildman–Crippen MR) is 55.1 cm³/mol. The topological polar surface area (TPSA) is 59.4 Å². The Morgan fingerprint density at radius 2 is 2.38 bits per heavy atom. The minimum atomic E-state index is -0.995. The first-order valence-corrected chi connectivity index (χ1v) is 4.74. The van der Waals surface area contributed by atoms with Gasteiger partial charge in [0.05, 0.1) is 6.61 Å². The number of ether oxygens (including phenoxy) is 1. The fourth-order valence-corrected chi connectivity index (χ4v) is 1.89. The first-order valence-electron chi connectivity index (χ1n) is 3.18.